The van der Waals surface area contributed by atoms with Crippen molar-refractivity contribution in [2.24, 2.45) is 0 Å². The van der Waals surface area contributed by atoms with Crippen molar-refractivity contribution in [3.05, 3.63) is 121 Å². The van der Waals surface area contributed by atoms with Crippen LogP contribution >= 0.6 is 0 Å². The van der Waals surface area contributed by atoms with Gasteiger partial charge in [0.1, 0.15) is 0 Å². The Bertz CT molecular complexity index is 862. The van der Waals surface area contributed by atoms with Gasteiger partial charge in [0.2, 0.25) is 0 Å². The third-order valence-corrected chi connectivity index (χ3v) is 17.1. The second kappa shape index (κ2) is 7.52. The minimum absolute atomic E-state index is 1.31. The summed E-state index contributed by atoms with van der Waals surface area (Å²) in [6, 6.07) is 42.6. The van der Waals surface area contributed by atoms with E-state index < -0.39 is 18.8 Å². The first-order valence-electron chi connectivity index (χ1n) is 8.95. The topological polar surface area (TPSA) is 0 Å². The maximum atomic E-state index is 2.36. The summed E-state index contributed by atoms with van der Waals surface area (Å²) in [6.07, 6.45) is 0. The standard InChI is InChI=1S/C7H7.3C6H5.Sb/c1-7-5-3-2-4-6-7;3*1-2-4-6-5-3-1;/h3-6H,1H3;3*1-5H;. The molecule has 0 fully saturated rings. The normalized spacial score (nSPS) is 11.3. The summed E-state index contributed by atoms with van der Waals surface area (Å²) in [4.78, 5) is 0. The molecule has 4 aromatic carbocycles. The molecule has 4 aromatic rings. The van der Waals surface area contributed by atoms with Crippen molar-refractivity contribution in [1.29, 1.82) is 0 Å². The summed E-state index contributed by atoms with van der Waals surface area (Å²) in [6.45, 7) is 2.16. The number of hydrogen-bond acceptors (Lipinski definition) is 0. The van der Waals surface area contributed by atoms with E-state index in [2.05, 4.69) is 122 Å². The molecule has 0 aliphatic rings. The Hall–Kier alpha value is -2.30. The molecule has 0 heterocycles. The van der Waals surface area contributed by atoms with Gasteiger partial charge in [-0.25, -0.2) is 0 Å². The fourth-order valence-corrected chi connectivity index (χ4v) is 15.7. The first-order chi connectivity index (χ1) is 12.8. The zero-order valence-corrected chi connectivity index (χ0v) is 17.5. The van der Waals surface area contributed by atoms with E-state index in [1.54, 1.807) is 0 Å². The first-order valence-corrected chi connectivity index (χ1v) is 14.1. The van der Waals surface area contributed by atoms with Crippen molar-refractivity contribution in [2.45, 2.75) is 6.92 Å². The summed E-state index contributed by atoms with van der Waals surface area (Å²) in [5, 5.41) is 0. The van der Waals surface area contributed by atoms with Crippen LogP contribution in [-0.2, 0) is 0 Å². The van der Waals surface area contributed by atoms with Crippen LogP contribution in [0.15, 0.2) is 115 Å². The van der Waals surface area contributed by atoms with E-state index in [4.69, 9.17) is 0 Å². The van der Waals surface area contributed by atoms with Gasteiger partial charge in [-0.05, 0) is 0 Å². The van der Waals surface area contributed by atoms with Gasteiger partial charge < -0.3 is 0 Å². The number of aryl methyl sites for hydroxylation is 1. The molecule has 0 bridgehead atoms. The van der Waals surface area contributed by atoms with Gasteiger partial charge in [-0.2, -0.15) is 0 Å². The van der Waals surface area contributed by atoms with E-state index in [0.29, 0.717) is 0 Å². The van der Waals surface area contributed by atoms with Gasteiger partial charge in [0, 0.05) is 0 Å². The predicted molar refractivity (Wildman–Crippen MR) is 115 cm³/mol. The molecule has 1 radical (unpaired) electrons. The second-order valence-corrected chi connectivity index (χ2v) is 16.2. The zero-order valence-electron chi connectivity index (χ0n) is 14.9. The molecule has 0 spiro atoms. The molecular weight excluding hydrogens is 422 g/mol. The number of benzene rings is 4. The molecule has 0 aliphatic heterocycles. The van der Waals surface area contributed by atoms with Crippen LogP contribution in [0.4, 0.5) is 0 Å². The Labute approximate surface area is 160 Å². The van der Waals surface area contributed by atoms with Crippen LogP contribution in [0.1, 0.15) is 5.56 Å². The van der Waals surface area contributed by atoms with E-state index in [1.807, 2.05) is 0 Å². The van der Waals surface area contributed by atoms with Crippen molar-refractivity contribution in [1.82, 2.24) is 0 Å². The van der Waals surface area contributed by atoms with Gasteiger partial charge >= 0.3 is 161 Å². The van der Waals surface area contributed by atoms with Crippen LogP contribution in [0.2, 0.25) is 0 Å². The molecule has 4 rings (SSSR count). The monoisotopic (exact) mass is 443 g/mol. The Kier molecular flexibility index (Phi) is 4.95. The minimum atomic E-state index is -3.20. The molecule has 0 atom stereocenters. The molecule has 0 nitrogen and oxygen atoms in total. The van der Waals surface area contributed by atoms with Crippen LogP contribution in [-0.4, -0.2) is 18.8 Å². The van der Waals surface area contributed by atoms with Gasteiger partial charge in [0.25, 0.3) is 0 Å². The first kappa shape index (κ1) is 17.1. The van der Waals surface area contributed by atoms with Crippen LogP contribution in [0, 0.1) is 6.92 Å². The van der Waals surface area contributed by atoms with Gasteiger partial charge in [-0.15, -0.1) is 0 Å². The summed E-state index contributed by atoms with van der Waals surface area (Å²) < 4.78 is 5.92. The molecule has 0 saturated carbocycles. The van der Waals surface area contributed by atoms with Crippen LogP contribution in [0.3, 0.4) is 0 Å². The molecule has 0 aliphatic carbocycles. The third kappa shape index (κ3) is 3.00. The SMILES string of the molecule is Cc1cc[c]([Sb]([c]2ccccc2)([c]2ccccc2)[c]2ccccc2)cc1. The summed E-state index contributed by atoms with van der Waals surface area (Å²) in [5.41, 5.74) is 1.31. The van der Waals surface area contributed by atoms with Crippen molar-refractivity contribution < 1.29 is 0 Å². The number of rotatable bonds is 4. The van der Waals surface area contributed by atoms with Crippen LogP contribution in [0.25, 0.3) is 0 Å². The van der Waals surface area contributed by atoms with E-state index in [-0.39, 0.29) is 0 Å². The summed E-state index contributed by atoms with van der Waals surface area (Å²) in [7, 11) is 0. The van der Waals surface area contributed by atoms with Gasteiger partial charge in [0.05, 0.1) is 0 Å². The molecule has 0 amide bonds. The Morgan fingerprint density at radius 1 is 0.385 bits per heavy atom. The van der Waals surface area contributed by atoms with Crippen molar-refractivity contribution in [3.63, 3.8) is 0 Å². The average Bonchev–Trinajstić information content (AvgIpc) is 2.72. The van der Waals surface area contributed by atoms with Crippen LogP contribution < -0.4 is 14.0 Å². The maximum absolute atomic E-state index is 3.20. The molecule has 0 unspecified atom stereocenters. The Balaban J connectivity index is 2.12. The molecule has 127 valence electrons. The third-order valence-electron chi connectivity index (χ3n) is 4.85. The quantitative estimate of drug-likeness (QED) is 0.424. The fraction of sp³-hybridized carbons (Fsp3) is 0.0400. The van der Waals surface area contributed by atoms with Crippen molar-refractivity contribution in [3.8, 4) is 0 Å². The predicted octanol–water partition coefficient (Wildman–Crippen LogP) is 3.37. The molecule has 0 aromatic heterocycles. The Morgan fingerprint density at radius 3 is 1.04 bits per heavy atom. The molecular formula is C25H22Sb. The molecule has 0 saturated heterocycles. The molecule has 26 heavy (non-hydrogen) atoms. The van der Waals surface area contributed by atoms with E-state index in [9.17, 15) is 0 Å². The van der Waals surface area contributed by atoms with Gasteiger partial charge in [0.15, 0.2) is 0 Å². The zero-order chi connectivity index (χ0) is 17.8. The molecule has 0 N–H and O–H groups in total. The van der Waals surface area contributed by atoms with E-state index in [1.165, 1.54) is 19.6 Å². The van der Waals surface area contributed by atoms with E-state index >= 15 is 0 Å². The van der Waals surface area contributed by atoms with Crippen molar-refractivity contribution >= 4 is 32.8 Å². The van der Waals surface area contributed by atoms with E-state index in [0.717, 1.165) is 0 Å². The average molecular weight is 444 g/mol. The molecule has 1 heteroatoms. The summed E-state index contributed by atoms with van der Waals surface area (Å²) in [5.74, 6) is 0. The van der Waals surface area contributed by atoms with Crippen molar-refractivity contribution in [2.75, 3.05) is 0 Å². The fourth-order valence-electron chi connectivity index (χ4n) is 3.62. The van der Waals surface area contributed by atoms with Gasteiger partial charge in [-0.1, -0.05) is 0 Å². The second-order valence-electron chi connectivity index (χ2n) is 6.51. The summed E-state index contributed by atoms with van der Waals surface area (Å²) >= 11 is -3.20. The number of hydrogen-bond donors (Lipinski definition) is 0. The van der Waals surface area contributed by atoms with Crippen LogP contribution in [0.5, 0.6) is 0 Å². The van der Waals surface area contributed by atoms with Gasteiger partial charge in [-0.3, -0.25) is 0 Å². The Morgan fingerprint density at radius 2 is 0.692 bits per heavy atom.